The van der Waals surface area contributed by atoms with Crippen LogP contribution in [0.25, 0.3) is 0 Å². The molecule has 1 heterocycles. The second-order valence-corrected chi connectivity index (χ2v) is 7.42. The van der Waals surface area contributed by atoms with Crippen molar-refractivity contribution < 1.29 is 13.5 Å². The predicted octanol–water partition coefficient (Wildman–Crippen LogP) is 2.83. The molecule has 1 aliphatic rings. The Balaban J connectivity index is 2.47. The molecule has 0 aromatic heterocycles. The maximum absolute atomic E-state index is 12.6. The fourth-order valence-electron chi connectivity index (χ4n) is 2.03. The zero-order valence-corrected chi connectivity index (χ0v) is 13.3. The van der Waals surface area contributed by atoms with Crippen LogP contribution in [0.2, 0.25) is 10.0 Å². The van der Waals surface area contributed by atoms with Crippen molar-refractivity contribution in [2.45, 2.75) is 24.8 Å². The van der Waals surface area contributed by atoms with Gasteiger partial charge in [-0.25, -0.2) is 8.42 Å². The monoisotopic (exact) mass is 335 g/mol. The molecule has 1 aromatic carbocycles. The first-order chi connectivity index (χ1) is 9.36. The molecule has 4 nitrogen and oxygen atoms in total. The van der Waals surface area contributed by atoms with Crippen LogP contribution in [0.1, 0.15) is 18.9 Å². The van der Waals surface area contributed by atoms with E-state index >= 15 is 0 Å². The van der Waals surface area contributed by atoms with Gasteiger partial charge in [-0.2, -0.15) is 4.31 Å². The lowest BCUT2D eigenvalue weighted by Crippen LogP contribution is -2.34. The van der Waals surface area contributed by atoms with Crippen LogP contribution in [0.15, 0.2) is 28.7 Å². The van der Waals surface area contributed by atoms with Crippen molar-refractivity contribution in [2.24, 2.45) is 0 Å². The normalized spacial score (nSPS) is 17.1. The molecule has 2 rings (SSSR count). The van der Waals surface area contributed by atoms with E-state index in [4.69, 9.17) is 23.2 Å². The highest BCUT2D eigenvalue weighted by Crippen LogP contribution is 2.32. The number of benzene rings is 1. The van der Waals surface area contributed by atoms with Gasteiger partial charge in [0.2, 0.25) is 10.0 Å². The number of halogens is 2. The molecule has 0 saturated carbocycles. The Morgan fingerprint density at radius 1 is 1.35 bits per heavy atom. The average Bonchev–Trinajstić information content (AvgIpc) is 2.41. The van der Waals surface area contributed by atoms with Gasteiger partial charge in [-0.05, 0) is 31.0 Å². The lowest BCUT2D eigenvalue weighted by atomic mass is 10.1. The third-order valence-corrected chi connectivity index (χ3v) is 5.93. The van der Waals surface area contributed by atoms with E-state index < -0.39 is 10.0 Å². The molecule has 0 aliphatic carbocycles. The first-order valence-corrected chi connectivity index (χ1v) is 8.30. The minimum Gasteiger partial charge on any atom is -0.392 e. The van der Waals surface area contributed by atoms with Crippen LogP contribution in [0, 0.1) is 0 Å². The van der Waals surface area contributed by atoms with Gasteiger partial charge in [-0.1, -0.05) is 34.9 Å². The molecular formula is C13H15Cl2NO3S. The zero-order chi connectivity index (χ0) is 14.9. The van der Waals surface area contributed by atoms with E-state index in [-0.39, 0.29) is 21.5 Å². The van der Waals surface area contributed by atoms with Gasteiger partial charge in [0.05, 0.1) is 11.6 Å². The average molecular weight is 336 g/mol. The van der Waals surface area contributed by atoms with Crippen LogP contribution in [-0.2, 0) is 16.6 Å². The van der Waals surface area contributed by atoms with E-state index in [1.54, 1.807) is 0 Å². The van der Waals surface area contributed by atoms with Crippen molar-refractivity contribution in [1.29, 1.82) is 0 Å². The molecular weight excluding hydrogens is 321 g/mol. The van der Waals surface area contributed by atoms with Gasteiger partial charge in [0.15, 0.2) is 0 Å². The molecule has 0 spiro atoms. The number of hydrogen-bond acceptors (Lipinski definition) is 3. The van der Waals surface area contributed by atoms with E-state index in [2.05, 4.69) is 0 Å². The van der Waals surface area contributed by atoms with E-state index in [9.17, 15) is 13.5 Å². The smallest absolute Gasteiger partial charge is 0.244 e. The van der Waals surface area contributed by atoms with Crippen LogP contribution in [-0.4, -0.2) is 30.9 Å². The summed E-state index contributed by atoms with van der Waals surface area (Å²) in [5.41, 5.74) is 1.48. The molecule has 0 amide bonds. The summed E-state index contributed by atoms with van der Waals surface area (Å²) in [5, 5.41) is 9.48. The predicted molar refractivity (Wildman–Crippen MR) is 79.5 cm³/mol. The van der Waals surface area contributed by atoms with Crippen molar-refractivity contribution in [3.05, 3.63) is 39.4 Å². The number of sulfonamides is 1. The Labute approximate surface area is 128 Å². The summed E-state index contributed by atoms with van der Waals surface area (Å²) < 4.78 is 26.6. The topological polar surface area (TPSA) is 57.6 Å². The van der Waals surface area contributed by atoms with Crippen molar-refractivity contribution in [1.82, 2.24) is 4.31 Å². The Bertz CT molecular complexity index is 656. The minimum absolute atomic E-state index is 0.0307. The standard InChI is InChI=1S/C13H15Cl2NO3S/c1-9-2-4-16(5-3-9)20(18,19)12-7-11(14)6-10(8-17)13(12)15/h2,6-7,17H,3-5,8H2,1H3. The number of aliphatic hydroxyl groups excluding tert-OH is 1. The van der Waals surface area contributed by atoms with E-state index in [1.165, 1.54) is 22.0 Å². The Morgan fingerprint density at radius 2 is 2.05 bits per heavy atom. The van der Waals surface area contributed by atoms with Crippen molar-refractivity contribution in [3.8, 4) is 0 Å². The van der Waals surface area contributed by atoms with Crippen molar-refractivity contribution in [2.75, 3.05) is 13.1 Å². The molecule has 0 saturated heterocycles. The molecule has 110 valence electrons. The maximum atomic E-state index is 12.6. The quantitative estimate of drug-likeness (QED) is 0.864. The first-order valence-electron chi connectivity index (χ1n) is 6.11. The summed E-state index contributed by atoms with van der Waals surface area (Å²) in [6.07, 6.45) is 2.58. The number of hydrogen-bond donors (Lipinski definition) is 1. The molecule has 7 heteroatoms. The highest BCUT2D eigenvalue weighted by Gasteiger charge is 2.28. The maximum Gasteiger partial charge on any atom is 0.244 e. The fourth-order valence-corrected chi connectivity index (χ4v) is 4.31. The number of rotatable bonds is 3. The summed E-state index contributed by atoms with van der Waals surface area (Å²) in [7, 11) is -3.71. The summed E-state index contributed by atoms with van der Waals surface area (Å²) in [6, 6.07) is 2.78. The van der Waals surface area contributed by atoms with Crippen LogP contribution in [0.3, 0.4) is 0 Å². The molecule has 1 N–H and O–H groups in total. The zero-order valence-electron chi connectivity index (χ0n) is 10.9. The highest BCUT2D eigenvalue weighted by molar-refractivity contribution is 7.89. The van der Waals surface area contributed by atoms with E-state index in [0.29, 0.717) is 25.1 Å². The van der Waals surface area contributed by atoms with Crippen LogP contribution < -0.4 is 0 Å². The van der Waals surface area contributed by atoms with E-state index in [0.717, 1.165) is 0 Å². The molecule has 1 aliphatic heterocycles. The lowest BCUT2D eigenvalue weighted by Gasteiger charge is -2.25. The SMILES string of the molecule is CC1=CCN(S(=O)(=O)c2cc(Cl)cc(CO)c2Cl)CC1. The summed E-state index contributed by atoms with van der Waals surface area (Å²) in [6.45, 7) is 2.36. The van der Waals surface area contributed by atoms with Gasteiger partial charge in [0.1, 0.15) is 4.90 Å². The largest absolute Gasteiger partial charge is 0.392 e. The second-order valence-electron chi connectivity index (χ2n) is 4.70. The molecule has 0 bridgehead atoms. The lowest BCUT2D eigenvalue weighted by molar-refractivity contribution is 0.281. The fraction of sp³-hybridized carbons (Fsp3) is 0.385. The molecule has 0 fully saturated rings. The molecule has 0 unspecified atom stereocenters. The number of nitrogens with zero attached hydrogens (tertiary/aromatic N) is 1. The summed E-state index contributed by atoms with van der Waals surface area (Å²) >= 11 is 12.0. The van der Waals surface area contributed by atoms with Crippen LogP contribution in [0.5, 0.6) is 0 Å². The number of aliphatic hydroxyl groups is 1. The Hall–Kier alpha value is -0.590. The van der Waals surface area contributed by atoms with E-state index in [1.807, 2.05) is 13.0 Å². The molecule has 1 aromatic rings. The van der Waals surface area contributed by atoms with Gasteiger partial charge in [0, 0.05) is 18.1 Å². The first kappa shape index (κ1) is 15.8. The third-order valence-electron chi connectivity index (χ3n) is 3.27. The minimum atomic E-state index is -3.71. The highest BCUT2D eigenvalue weighted by atomic mass is 35.5. The Morgan fingerprint density at radius 3 is 2.60 bits per heavy atom. The van der Waals surface area contributed by atoms with Gasteiger partial charge >= 0.3 is 0 Å². The van der Waals surface area contributed by atoms with Crippen LogP contribution >= 0.6 is 23.2 Å². The van der Waals surface area contributed by atoms with Gasteiger partial charge in [0.25, 0.3) is 0 Å². The molecule has 0 radical (unpaired) electrons. The van der Waals surface area contributed by atoms with Gasteiger partial charge in [-0.15, -0.1) is 0 Å². The van der Waals surface area contributed by atoms with Crippen molar-refractivity contribution in [3.63, 3.8) is 0 Å². The molecule has 0 atom stereocenters. The summed E-state index contributed by atoms with van der Waals surface area (Å²) in [5.74, 6) is 0. The van der Waals surface area contributed by atoms with Crippen molar-refractivity contribution >= 4 is 33.2 Å². The van der Waals surface area contributed by atoms with Gasteiger partial charge < -0.3 is 5.11 Å². The third kappa shape index (κ3) is 3.02. The molecule has 20 heavy (non-hydrogen) atoms. The Kier molecular flexibility index (Phi) is 4.76. The summed E-state index contributed by atoms with van der Waals surface area (Å²) in [4.78, 5) is -0.0522. The van der Waals surface area contributed by atoms with Crippen LogP contribution in [0.4, 0.5) is 0 Å². The van der Waals surface area contributed by atoms with Gasteiger partial charge in [-0.3, -0.25) is 0 Å². The second kappa shape index (κ2) is 6.03.